The van der Waals surface area contributed by atoms with E-state index in [4.69, 9.17) is 4.74 Å². The Labute approximate surface area is 202 Å². The standard InChI is InChI=1S/C24H16N4O8/c29-22-20(23(30)26(24(31)25-22)17-9-11-19(12-10-17)28(34)35)13-16-3-1-2-4-21(16)36-14-15-5-7-18(8-6-15)27(32)33/h1-13H,14H2,(H,25,29,31)/b20-13+. The summed E-state index contributed by atoms with van der Waals surface area (Å²) < 4.78 is 5.80. The Morgan fingerprint density at radius 1 is 0.833 bits per heavy atom. The first-order valence-corrected chi connectivity index (χ1v) is 10.4. The van der Waals surface area contributed by atoms with Crippen molar-refractivity contribution in [3.05, 3.63) is 110 Å². The summed E-state index contributed by atoms with van der Waals surface area (Å²) in [6, 6.07) is 16.1. The van der Waals surface area contributed by atoms with Gasteiger partial charge in [0.25, 0.3) is 23.2 Å². The summed E-state index contributed by atoms with van der Waals surface area (Å²) in [5, 5.41) is 23.8. The molecule has 0 aromatic heterocycles. The van der Waals surface area contributed by atoms with E-state index < -0.39 is 27.7 Å². The molecule has 0 radical (unpaired) electrons. The number of barbiturate groups is 1. The van der Waals surface area contributed by atoms with Gasteiger partial charge in [0, 0.05) is 29.8 Å². The minimum atomic E-state index is -0.987. The number of rotatable bonds is 7. The van der Waals surface area contributed by atoms with Crippen LogP contribution in [0.5, 0.6) is 5.75 Å². The van der Waals surface area contributed by atoms with Gasteiger partial charge in [-0.3, -0.25) is 35.1 Å². The monoisotopic (exact) mass is 488 g/mol. The zero-order valence-corrected chi connectivity index (χ0v) is 18.3. The number of nitro benzene ring substituents is 2. The molecule has 0 saturated carbocycles. The number of imide groups is 2. The largest absolute Gasteiger partial charge is 0.488 e. The lowest BCUT2D eigenvalue weighted by molar-refractivity contribution is -0.385. The zero-order valence-electron chi connectivity index (χ0n) is 18.3. The quantitative estimate of drug-likeness (QED) is 0.227. The first-order chi connectivity index (χ1) is 17.2. The second-order valence-corrected chi connectivity index (χ2v) is 7.48. The van der Waals surface area contributed by atoms with Gasteiger partial charge in [0.15, 0.2) is 0 Å². The van der Waals surface area contributed by atoms with Gasteiger partial charge in [-0.25, -0.2) is 9.69 Å². The highest BCUT2D eigenvalue weighted by atomic mass is 16.6. The molecule has 0 spiro atoms. The van der Waals surface area contributed by atoms with Crippen molar-refractivity contribution in [3.8, 4) is 5.75 Å². The molecule has 4 amide bonds. The molecule has 1 fully saturated rings. The van der Waals surface area contributed by atoms with Crippen LogP contribution in [-0.2, 0) is 16.2 Å². The molecule has 180 valence electrons. The Morgan fingerprint density at radius 2 is 1.42 bits per heavy atom. The van der Waals surface area contributed by atoms with E-state index in [1.54, 1.807) is 36.4 Å². The van der Waals surface area contributed by atoms with Crippen molar-refractivity contribution < 1.29 is 29.0 Å². The third kappa shape index (κ3) is 4.92. The highest BCUT2D eigenvalue weighted by Crippen LogP contribution is 2.27. The van der Waals surface area contributed by atoms with E-state index in [2.05, 4.69) is 5.32 Å². The van der Waals surface area contributed by atoms with Crippen molar-refractivity contribution >= 4 is 41.0 Å². The summed E-state index contributed by atoms with van der Waals surface area (Å²) >= 11 is 0. The van der Waals surface area contributed by atoms with E-state index in [9.17, 15) is 34.6 Å². The van der Waals surface area contributed by atoms with Gasteiger partial charge < -0.3 is 4.74 Å². The Hall–Kier alpha value is -5.39. The topological polar surface area (TPSA) is 162 Å². The number of carbonyl (C=O) groups excluding carboxylic acids is 3. The van der Waals surface area contributed by atoms with Crippen LogP contribution in [0.3, 0.4) is 0 Å². The van der Waals surface area contributed by atoms with Crippen molar-refractivity contribution in [2.24, 2.45) is 0 Å². The second-order valence-electron chi connectivity index (χ2n) is 7.48. The summed E-state index contributed by atoms with van der Waals surface area (Å²) in [5.41, 5.74) is 0.441. The predicted octanol–water partition coefficient (Wildman–Crippen LogP) is 3.75. The van der Waals surface area contributed by atoms with Crippen LogP contribution in [0.15, 0.2) is 78.4 Å². The number of nitro groups is 2. The SMILES string of the molecule is O=C1NC(=O)N(c2ccc([N+](=O)[O-])cc2)C(=O)/C1=C/c1ccccc1OCc1ccc([N+](=O)[O-])cc1. The molecule has 36 heavy (non-hydrogen) atoms. The maximum Gasteiger partial charge on any atom is 0.335 e. The molecule has 3 aromatic carbocycles. The van der Waals surface area contributed by atoms with Gasteiger partial charge in [0.2, 0.25) is 0 Å². The number of amides is 4. The van der Waals surface area contributed by atoms with Crippen LogP contribution in [0, 0.1) is 20.2 Å². The molecule has 1 saturated heterocycles. The van der Waals surface area contributed by atoms with E-state index in [1.165, 1.54) is 30.3 Å². The molecule has 12 heteroatoms. The maximum absolute atomic E-state index is 13.1. The number of ether oxygens (including phenoxy) is 1. The predicted molar refractivity (Wildman–Crippen MR) is 126 cm³/mol. The molecule has 3 aromatic rings. The molecule has 1 aliphatic heterocycles. The first kappa shape index (κ1) is 23.8. The Bertz CT molecular complexity index is 1410. The second kappa shape index (κ2) is 9.85. The minimum absolute atomic E-state index is 0.0456. The van der Waals surface area contributed by atoms with Crippen molar-refractivity contribution in [1.29, 1.82) is 0 Å². The van der Waals surface area contributed by atoms with Gasteiger partial charge >= 0.3 is 6.03 Å². The average molecular weight is 488 g/mol. The van der Waals surface area contributed by atoms with Crippen LogP contribution >= 0.6 is 0 Å². The minimum Gasteiger partial charge on any atom is -0.488 e. The molecule has 12 nitrogen and oxygen atoms in total. The Kier molecular flexibility index (Phi) is 6.50. The van der Waals surface area contributed by atoms with Crippen molar-refractivity contribution in [3.63, 3.8) is 0 Å². The van der Waals surface area contributed by atoms with Gasteiger partial charge in [-0.2, -0.15) is 0 Å². The fraction of sp³-hybridized carbons (Fsp3) is 0.0417. The highest BCUT2D eigenvalue weighted by Gasteiger charge is 2.37. The smallest absolute Gasteiger partial charge is 0.335 e. The number of nitrogens with zero attached hydrogens (tertiary/aromatic N) is 3. The Balaban J connectivity index is 1.59. The number of hydrogen-bond acceptors (Lipinski definition) is 8. The molecular weight excluding hydrogens is 472 g/mol. The Morgan fingerprint density at radius 3 is 2.03 bits per heavy atom. The molecule has 0 unspecified atom stereocenters. The number of urea groups is 1. The van der Waals surface area contributed by atoms with E-state index >= 15 is 0 Å². The number of hydrogen-bond donors (Lipinski definition) is 1. The number of anilines is 1. The van der Waals surface area contributed by atoms with Crippen LogP contribution in [0.25, 0.3) is 6.08 Å². The van der Waals surface area contributed by atoms with Gasteiger partial charge in [-0.15, -0.1) is 0 Å². The van der Waals surface area contributed by atoms with E-state index in [0.29, 0.717) is 21.8 Å². The third-order valence-corrected chi connectivity index (χ3v) is 5.18. The van der Waals surface area contributed by atoms with Gasteiger partial charge in [0.1, 0.15) is 17.9 Å². The lowest BCUT2D eigenvalue weighted by Crippen LogP contribution is -2.54. The van der Waals surface area contributed by atoms with Crippen LogP contribution < -0.4 is 15.0 Å². The highest BCUT2D eigenvalue weighted by molar-refractivity contribution is 6.39. The van der Waals surface area contributed by atoms with E-state index in [-0.39, 0.29) is 29.2 Å². The average Bonchev–Trinajstić information content (AvgIpc) is 2.86. The normalized spacial score (nSPS) is 14.5. The number of non-ortho nitro benzene ring substituents is 2. The lowest BCUT2D eigenvalue weighted by atomic mass is 10.1. The van der Waals surface area contributed by atoms with Gasteiger partial charge in [-0.05, 0) is 42.0 Å². The zero-order chi connectivity index (χ0) is 25.8. The third-order valence-electron chi connectivity index (χ3n) is 5.18. The summed E-state index contributed by atoms with van der Waals surface area (Å²) in [7, 11) is 0. The van der Waals surface area contributed by atoms with Crippen LogP contribution in [0.2, 0.25) is 0 Å². The lowest BCUT2D eigenvalue weighted by Gasteiger charge is -2.26. The summed E-state index contributed by atoms with van der Waals surface area (Å²) in [5.74, 6) is -1.50. The van der Waals surface area contributed by atoms with Crippen molar-refractivity contribution in [2.45, 2.75) is 6.61 Å². The molecule has 0 atom stereocenters. The molecular formula is C24H16N4O8. The fourth-order valence-corrected chi connectivity index (χ4v) is 3.38. The summed E-state index contributed by atoms with van der Waals surface area (Å²) in [6.45, 7) is 0.0612. The van der Waals surface area contributed by atoms with Crippen LogP contribution in [-0.4, -0.2) is 27.7 Å². The van der Waals surface area contributed by atoms with Crippen LogP contribution in [0.4, 0.5) is 21.9 Å². The molecule has 1 N–H and O–H groups in total. The molecule has 4 rings (SSSR count). The summed E-state index contributed by atoms with van der Waals surface area (Å²) in [6.07, 6.45) is 1.27. The fourth-order valence-electron chi connectivity index (χ4n) is 3.38. The molecule has 1 aliphatic rings. The number of benzene rings is 3. The van der Waals surface area contributed by atoms with Crippen LogP contribution in [0.1, 0.15) is 11.1 Å². The van der Waals surface area contributed by atoms with Crippen molar-refractivity contribution in [2.75, 3.05) is 4.90 Å². The summed E-state index contributed by atoms with van der Waals surface area (Å²) in [4.78, 5) is 59.2. The molecule has 0 bridgehead atoms. The van der Waals surface area contributed by atoms with Gasteiger partial charge in [-0.1, -0.05) is 18.2 Å². The van der Waals surface area contributed by atoms with E-state index in [0.717, 1.165) is 12.1 Å². The number of para-hydroxylation sites is 1. The first-order valence-electron chi connectivity index (χ1n) is 10.4. The maximum atomic E-state index is 13.1. The molecule has 1 heterocycles. The van der Waals surface area contributed by atoms with Crippen molar-refractivity contribution in [1.82, 2.24) is 5.32 Å². The van der Waals surface area contributed by atoms with Gasteiger partial charge in [0.05, 0.1) is 15.5 Å². The molecule has 0 aliphatic carbocycles. The number of nitrogens with one attached hydrogen (secondary N) is 1. The van der Waals surface area contributed by atoms with E-state index in [1.807, 2.05) is 0 Å². The number of carbonyl (C=O) groups is 3.